The number of halogens is 1. The van der Waals surface area contributed by atoms with E-state index in [0.717, 1.165) is 17.8 Å². The lowest BCUT2D eigenvalue weighted by Crippen LogP contribution is -2.29. The number of nitrogens with zero attached hydrogens (tertiary/aromatic N) is 2. The third kappa shape index (κ3) is 5.29. The molecule has 0 spiro atoms. The number of rotatable bonds is 9. The van der Waals surface area contributed by atoms with Crippen LogP contribution in [0.4, 0.5) is 5.13 Å². The standard InChI is InChI=1S/C30H29ClN2O7S/c1-6-38-29(36)27-16(4)32-30(41-27)33-24(17-7-9-21(22(13-17)37-5)39-12-11-15(2)3)23-25(34)19-14-18(31)8-10-20(19)40-26(23)28(33)35/h7-10,13-15,24H,6,11-12H2,1-5H3. The molecular formula is C30H29ClN2O7S. The Hall–Kier alpha value is -3.89. The Morgan fingerprint density at radius 3 is 2.66 bits per heavy atom. The molecule has 5 rings (SSSR count). The first-order valence-corrected chi connectivity index (χ1v) is 14.4. The zero-order valence-corrected chi connectivity index (χ0v) is 24.9. The number of ether oxygens (including phenoxy) is 3. The van der Waals surface area contributed by atoms with Crippen LogP contribution in [0.25, 0.3) is 11.0 Å². The Kier molecular flexibility index (Phi) is 8.06. The number of aromatic nitrogens is 1. The van der Waals surface area contributed by atoms with Crippen molar-refractivity contribution in [3.63, 3.8) is 0 Å². The Bertz CT molecular complexity index is 1710. The molecule has 0 saturated heterocycles. The summed E-state index contributed by atoms with van der Waals surface area (Å²) in [6, 6.07) is 9.02. The van der Waals surface area contributed by atoms with E-state index in [9.17, 15) is 14.4 Å². The summed E-state index contributed by atoms with van der Waals surface area (Å²) in [4.78, 5) is 46.6. The molecule has 0 N–H and O–H groups in total. The van der Waals surface area contributed by atoms with Crippen molar-refractivity contribution in [2.75, 3.05) is 25.2 Å². The van der Waals surface area contributed by atoms with Crippen LogP contribution in [0, 0.1) is 12.8 Å². The Balaban J connectivity index is 1.68. The van der Waals surface area contributed by atoms with E-state index in [0.29, 0.717) is 40.3 Å². The molecule has 0 fully saturated rings. The Morgan fingerprint density at radius 2 is 1.95 bits per heavy atom. The minimum absolute atomic E-state index is 0.100. The van der Waals surface area contributed by atoms with Crippen molar-refractivity contribution in [2.24, 2.45) is 5.92 Å². The lowest BCUT2D eigenvalue weighted by atomic mass is 9.98. The lowest BCUT2D eigenvalue weighted by molar-refractivity contribution is 0.0531. The number of aryl methyl sites for hydroxylation is 1. The lowest BCUT2D eigenvalue weighted by Gasteiger charge is -2.23. The van der Waals surface area contributed by atoms with E-state index >= 15 is 0 Å². The van der Waals surface area contributed by atoms with Crippen LogP contribution in [0.15, 0.2) is 45.6 Å². The highest BCUT2D eigenvalue weighted by Gasteiger charge is 2.45. The first-order chi connectivity index (χ1) is 19.6. The van der Waals surface area contributed by atoms with Gasteiger partial charge in [-0.25, -0.2) is 9.78 Å². The monoisotopic (exact) mass is 596 g/mol. The van der Waals surface area contributed by atoms with Crippen LogP contribution in [0.5, 0.6) is 11.5 Å². The number of hydrogen-bond donors (Lipinski definition) is 0. The highest BCUT2D eigenvalue weighted by molar-refractivity contribution is 7.17. The molecule has 4 aromatic rings. The van der Waals surface area contributed by atoms with Gasteiger partial charge >= 0.3 is 5.97 Å². The molecule has 1 aliphatic rings. The normalized spacial score (nSPS) is 14.6. The molecule has 41 heavy (non-hydrogen) atoms. The third-order valence-electron chi connectivity index (χ3n) is 6.74. The predicted octanol–water partition coefficient (Wildman–Crippen LogP) is 6.57. The van der Waals surface area contributed by atoms with Crippen molar-refractivity contribution in [1.82, 2.24) is 4.98 Å². The number of carbonyl (C=O) groups excluding carboxylic acids is 2. The van der Waals surface area contributed by atoms with Crippen molar-refractivity contribution in [1.29, 1.82) is 0 Å². The molecule has 0 bridgehead atoms. The van der Waals surface area contributed by atoms with Gasteiger partial charge in [0.1, 0.15) is 10.5 Å². The van der Waals surface area contributed by atoms with Gasteiger partial charge in [-0.1, -0.05) is 42.9 Å². The summed E-state index contributed by atoms with van der Waals surface area (Å²) in [6.07, 6.45) is 0.867. The molecular weight excluding hydrogens is 568 g/mol. The number of thiazole rings is 1. The molecule has 1 unspecified atom stereocenters. The van der Waals surface area contributed by atoms with E-state index in [1.807, 2.05) is 0 Å². The van der Waals surface area contributed by atoms with Crippen LogP contribution < -0.4 is 19.8 Å². The quantitative estimate of drug-likeness (QED) is 0.200. The van der Waals surface area contributed by atoms with E-state index in [2.05, 4.69) is 18.8 Å². The SMILES string of the molecule is CCOC(=O)c1sc(N2C(=O)c3oc4ccc(Cl)cc4c(=O)c3C2c2ccc(OCCC(C)C)c(OC)c2)nc1C. The largest absolute Gasteiger partial charge is 0.493 e. The van der Waals surface area contributed by atoms with Gasteiger partial charge in [0.15, 0.2) is 22.1 Å². The fourth-order valence-electron chi connectivity index (χ4n) is 4.71. The number of fused-ring (bicyclic) bond motifs is 2. The third-order valence-corrected chi connectivity index (χ3v) is 8.11. The van der Waals surface area contributed by atoms with Crippen molar-refractivity contribution < 1.29 is 28.2 Å². The molecule has 1 aliphatic heterocycles. The average Bonchev–Trinajstić information content (AvgIpc) is 3.46. The second kappa shape index (κ2) is 11.5. The van der Waals surface area contributed by atoms with Crippen molar-refractivity contribution in [3.8, 4) is 11.5 Å². The van der Waals surface area contributed by atoms with Crippen LogP contribution in [0.3, 0.4) is 0 Å². The smallest absolute Gasteiger partial charge is 0.350 e. The first-order valence-electron chi connectivity index (χ1n) is 13.2. The van der Waals surface area contributed by atoms with Crippen LogP contribution >= 0.6 is 22.9 Å². The molecule has 11 heteroatoms. The highest BCUT2D eigenvalue weighted by Crippen LogP contribution is 2.45. The zero-order valence-electron chi connectivity index (χ0n) is 23.3. The topological polar surface area (TPSA) is 108 Å². The van der Waals surface area contributed by atoms with Crippen LogP contribution in [0.2, 0.25) is 5.02 Å². The summed E-state index contributed by atoms with van der Waals surface area (Å²) in [6.45, 7) is 8.31. The molecule has 0 radical (unpaired) electrons. The second-order valence-electron chi connectivity index (χ2n) is 9.96. The summed E-state index contributed by atoms with van der Waals surface area (Å²) in [7, 11) is 1.53. The molecule has 0 saturated carbocycles. The minimum atomic E-state index is -0.920. The molecule has 214 valence electrons. The number of esters is 1. The Morgan fingerprint density at radius 1 is 1.17 bits per heavy atom. The van der Waals surface area contributed by atoms with E-state index in [1.54, 1.807) is 44.2 Å². The number of benzene rings is 2. The van der Waals surface area contributed by atoms with Gasteiger partial charge in [0.05, 0.1) is 43.0 Å². The van der Waals surface area contributed by atoms with Gasteiger partial charge in [0, 0.05) is 5.02 Å². The molecule has 2 aromatic heterocycles. The maximum absolute atomic E-state index is 13.9. The number of carbonyl (C=O) groups is 2. The van der Waals surface area contributed by atoms with E-state index in [4.69, 9.17) is 30.2 Å². The fourth-order valence-corrected chi connectivity index (χ4v) is 5.87. The predicted molar refractivity (Wildman–Crippen MR) is 157 cm³/mol. The number of hydrogen-bond acceptors (Lipinski definition) is 9. The van der Waals surface area contributed by atoms with E-state index in [1.165, 1.54) is 18.1 Å². The van der Waals surface area contributed by atoms with Crippen molar-refractivity contribution >= 4 is 50.9 Å². The number of methoxy groups -OCH3 is 1. The summed E-state index contributed by atoms with van der Waals surface area (Å²) >= 11 is 7.22. The van der Waals surface area contributed by atoms with Crippen LogP contribution in [-0.2, 0) is 4.74 Å². The summed E-state index contributed by atoms with van der Waals surface area (Å²) in [5, 5.41) is 0.838. The van der Waals surface area contributed by atoms with Gasteiger partial charge in [-0.05, 0) is 62.1 Å². The molecule has 3 heterocycles. The molecule has 2 aromatic carbocycles. The summed E-state index contributed by atoms with van der Waals surface area (Å²) in [5.74, 6) is 0.269. The molecule has 1 amide bonds. The average molecular weight is 597 g/mol. The van der Waals surface area contributed by atoms with Gasteiger partial charge in [-0.3, -0.25) is 14.5 Å². The van der Waals surface area contributed by atoms with E-state index in [-0.39, 0.29) is 44.3 Å². The van der Waals surface area contributed by atoms with Crippen LogP contribution in [-0.4, -0.2) is 37.2 Å². The van der Waals surface area contributed by atoms with Gasteiger partial charge in [-0.15, -0.1) is 0 Å². The van der Waals surface area contributed by atoms with Gasteiger partial charge in [0.25, 0.3) is 5.91 Å². The summed E-state index contributed by atoms with van der Waals surface area (Å²) in [5.41, 5.74) is 0.977. The molecule has 0 aliphatic carbocycles. The van der Waals surface area contributed by atoms with Crippen molar-refractivity contribution in [3.05, 3.63) is 79.1 Å². The Labute approximate surface area is 245 Å². The highest BCUT2D eigenvalue weighted by atomic mass is 35.5. The van der Waals surface area contributed by atoms with Gasteiger partial charge in [0.2, 0.25) is 5.76 Å². The number of anilines is 1. The fraction of sp³-hybridized carbons (Fsp3) is 0.333. The second-order valence-corrected chi connectivity index (χ2v) is 11.4. The van der Waals surface area contributed by atoms with Crippen molar-refractivity contribution in [2.45, 2.75) is 40.2 Å². The minimum Gasteiger partial charge on any atom is -0.493 e. The maximum atomic E-state index is 13.9. The molecule has 9 nitrogen and oxygen atoms in total. The van der Waals surface area contributed by atoms with E-state index < -0.39 is 17.9 Å². The van der Waals surface area contributed by atoms with Gasteiger partial charge in [-0.2, -0.15) is 0 Å². The maximum Gasteiger partial charge on any atom is 0.350 e. The zero-order chi connectivity index (χ0) is 29.4. The van der Waals surface area contributed by atoms with Gasteiger partial charge < -0.3 is 18.6 Å². The van der Waals surface area contributed by atoms with Crippen LogP contribution in [0.1, 0.15) is 70.3 Å². The summed E-state index contributed by atoms with van der Waals surface area (Å²) < 4.78 is 22.8. The number of amides is 1. The molecule has 1 atom stereocenters. The first kappa shape index (κ1) is 28.6.